The maximum atomic E-state index is 10.8. The summed E-state index contributed by atoms with van der Waals surface area (Å²) in [5.41, 5.74) is 5.94. The maximum absolute atomic E-state index is 10.8. The summed E-state index contributed by atoms with van der Waals surface area (Å²) < 4.78 is 0. The van der Waals surface area contributed by atoms with Crippen LogP contribution in [0.1, 0.15) is 46.0 Å². The summed E-state index contributed by atoms with van der Waals surface area (Å²) in [4.78, 5) is 10.8. The first kappa shape index (κ1) is 11.5. The fourth-order valence-electron chi connectivity index (χ4n) is 2.79. The van der Waals surface area contributed by atoms with E-state index in [1.807, 2.05) is 6.92 Å². The molecule has 3 atom stereocenters. The van der Waals surface area contributed by atoms with Gasteiger partial charge >= 0.3 is 5.97 Å². The van der Waals surface area contributed by atoms with E-state index in [9.17, 15) is 4.79 Å². The zero-order valence-corrected chi connectivity index (χ0v) is 9.12. The van der Waals surface area contributed by atoms with E-state index >= 15 is 0 Å². The summed E-state index contributed by atoms with van der Waals surface area (Å²) in [6.07, 6.45) is 4.21. The van der Waals surface area contributed by atoms with Gasteiger partial charge in [-0.1, -0.05) is 20.3 Å². The molecule has 0 bridgehead atoms. The zero-order valence-electron chi connectivity index (χ0n) is 9.12. The van der Waals surface area contributed by atoms with E-state index in [1.54, 1.807) is 0 Å². The molecule has 1 rings (SSSR count). The molecule has 1 saturated carbocycles. The fraction of sp³-hybridized carbons (Fsp3) is 0.909. The first-order valence-electron chi connectivity index (χ1n) is 5.47. The van der Waals surface area contributed by atoms with Crippen molar-refractivity contribution in [2.24, 2.45) is 17.1 Å². The van der Waals surface area contributed by atoms with Crippen LogP contribution in [0.5, 0.6) is 0 Å². The van der Waals surface area contributed by atoms with Gasteiger partial charge in [0, 0.05) is 6.04 Å². The van der Waals surface area contributed by atoms with E-state index in [0.717, 1.165) is 25.7 Å². The highest BCUT2D eigenvalue weighted by molar-refractivity contribution is 5.68. The van der Waals surface area contributed by atoms with Crippen molar-refractivity contribution in [1.82, 2.24) is 0 Å². The molecule has 3 heteroatoms. The minimum atomic E-state index is -0.706. The molecular weight excluding hydrogens is 178 g/mol. The Morgan fingerprint density at radius 2 is 2.36 bits per heavy atom. The second-order valence-electron chi connectivity index (χ2n) is 4.80. The van der Waals surface area contributed by atoms with Crippen molar-refractivity contribution in [3.05, 3.63) is 0 Å². The van der Waals surface area contributed by atoms with Crippen LogP contribution in [0.4, 0.5) is 0 Å². The van der Waals surface area contributed by atoms with Gasteiger partial charge in [-0.2, -0.15) is 0 Å². The van der Waals surface area contributed by atoms with Crippen LogP contribution in [0.15, 0.2) is 0 Å². The second-order valence-corrected chi connectivity index (χ2v) is 4.80. The van der Waals surface area contributed by atoms with Crippen molar-refractivity contribution >= 4 is 5.97 Å². The second kappa shape index (κ2) is 4.30. The number of aliphatic carboxylic acids is 1. The van der Waals surface area contributed by atoms with Crippen LogP contribution in [-0.2, 0) is 4.79 Å². The Hall–Kier alpha value is -0.570. The summed E-state index contributed by atoms with van der Waals surface area (Å²) in [6.45, 7) is 4.23. The van der Waals surface area contributed by atoms with E-state index in [1.165, 1.54) is 0 Å². The Bertz CT molecular complexity index is 217. The van der Waals surface area contributed by atoms with Crippen molar-refractivity contribution in [3.63, 3.8) is 0 Å². The van der Waals surface area contributed by atoms with E-state index in [-0.39, 0.29) is 17.9 Å². The molecule has 14 heavy (non-hydrogen) atoms. The van der Waals surface area contributed by atoms with Crippen LogP contribution in [-0.4, -0.2) is 17.1 Å². The van der Waals surface area contributed by atoms with Crippen molar-refractivity contribution in [1.29, 1.82) is 0 Å². The quantitative estimate of drug-likeness (QED) is 0.728. The Morgan fingerprint density at radius 3 is 2.71 bits per heavy atom. The number of hydrogen-bond acceptors (Lipinski definition) is 2. The highest BCUT2D eigenvalue weighted by atomic mass is 16.4. The van der Waals surface area contributed by atoms with Crippen LogP contribution in [0.3, 0.4) is 0 Å². The summed E-state index contributed by atoms with van der Waals surface area (Å²) >= 11 is 0. The molecule has 0 aliphatic heterocycles. The molecule has 3 N–H and O–H groups in total. The molecule has 0 saturated heterocycles. The van der Waals surface area contributed by atoms with Crippen LogP contribution < -0.4 is 5.73 Å². The van der Waals surface area contributed by atoms with E-state index < -0.39 is 5.97 Å². The molecule has 1 aliphatic carbocycles. The van der Waals surface area contributed by atoms with Gasteiger partial charge in [0.15, 0.2) is 0 Å². The lowest BCUT2D eigenvalue weighted by Crippen LogP contribution is -2.41. The van der Waals surface area contributed by atoms with Gasteiger partial charge in [-0.3, -0.25) is 4.79 Å². The molecule has 3 nitrogen and oxygen atoms in total. The van der Waals surface area contributed by atoms with Gasteiger partial charge in [0.25, 0.3) is 0 Å². The van der Waals surface area contributed by atoms with Crippen molar-refractivity contribution in [2.45, 2.75) is 52.0 Å². The molecule has 82 valence electrons. The number of carbonyl (C=O) groups is 1. The topological polar surface area (TPSA) is 63.3 Å². The van der Waals surface area contributed by atoms with Gasteiger partial charge in [0.1, 0.15) is 0 Å². The Kier molecular flexibility index (Phi) is 3.53. The SMILES string of the molecule is CCC(N)C1(CC(=O)O)CCC(C)C1. The summed E-state index contributed by atoms with van der Waals surface area (Å²) in [6, 6.07) is 0.0450. The average Bonchev–Trinajstić information content (AvgIpc) is 2.46. The molecule has 1 aliphatic rings. The molecule has 0 aromatic carbocycles. The first-order valence-corrected chi connectivity index (χ1v) is 5.47. The van der Waals surface area contributed by atoms with Crippen molar-refractivity contribution < 1.29 is 9.90 Å². The molecule has 1 fully saturated rings. The fourth-order valence-corrected chi connectivity index (χ4v) is 2.79. The molecule has 3 unspecified atom stereocenters. The van der Waals surface area contributed by atoms with Crippen LogP contribution in [0, 0.1) is 11.3 Å². The Balaban J connectivity index is 2.74. The zero-order chi connectivity index (χ0) is 10.8. The third kappa shape index (κ3) is 2.27. The molecule has 0 heterocycles. The van der Waals surface area contributed by atoms with E-state index in [2.05, 4.69) is 6.92 Å². The third-order valence-corrected chi connectivity index (χ3v) is 3.62. The monoisotopic (exact) mass is 199 g/mol. The van der Waals surface area contributed by atoms with Gasteiger partial charge in [0.05, 0.1) is 6.42 Å². The predicted molar refractivity (Wildman–Crippen MR) is 56.0 cm³/mol. The van der Waals surface area contributed by atoms with Crippen molar-refractivity contribution in [3.8, 4) is 0 Å². The summed E-state index contributed by atoms with van der Waals surface area (Å²) in [5, 5.41) is 8.91. The average molecular weight is 199 g/mol. The van der Waals surface area contributed by atoms with Gasteiger partial charge in [-0.25, -0.2) is 0 Å². The predicted octanol–water partition coefficient (Wildman–Crippen LogP) is 2.00. The standard InChI is InChI=1S/C11H21NO2/c1-3-9(12)11(7-10(13)14)5-4-8(2)6-11/h8-9H,3-7,12H2,1-2H3,(H,13,14). The Morgan fingerprint density at radius 1 is 1.71 bits per heavy atom. The third-order valence-electron chi connectivity index (χ3n) is 3.62. The summed E-state index contributed by atoms with van der Waals surface area (Å²) in [7, 11) is 0. The van der Waals surface area contributed by atoms with Crippen LogP contribution in [0.25, 0.3) is 0 Å². The van der Waals surface area contributed by atoms with Crippen LogP contribution in [0.2, 0.25) is 0 Å². The van der Waals surface area contributed by atoms with E-state index in [4.69, 9.17) is 10.8 Å². The largest absolute Gasteiger partial charge is 0.481 e. The first-order chi connectivity index (χ1) is 6.50. The van der Waals surface area contributed by atoms with E-state index in [0.29, 0.717) is 5.92 Å². The van der Waals surface area contributed by atoms with Crippen LogP contribution >= 0.6 is 0 Å². The lowest BCUT2D eigenvalue weighted by molar-refractivity contribution is -0.140. The maximum Gasteiger partial charge on any atom is 0.303 e. The van der Waals surface area contributed by atoms with Gasteiger partial charge < -0.3 is 10.8 Å². The molecule has 0 spiro atoms. The smallest absolute Gasteiger partial charge is 0.303 e. The lowest BCUT2D eigenvalue weighted by atomic mass is 9.74. The lowest BCUT2D eigenvalue weighted by Gasteiger charge is -2.33. The highest BCUT2D eigenvalue weighted by Gasteiger charge is 2.43. The summed E-state index contributed by atoms with van der Waals surface area (Å²) in [5.74, 6) is -0.0741. The minimum absolute atomic E-state index is 0.0450. The minimum Gasteiger partial charge on any atom is -0.481 e. The highest BCUT2D eigenvalue weighted by Crippen LogP contribution is 2.46. The van der Waals surface area contributed by atoms with Crippen molar-refractivity contribution in [2.75, 3.05) is 0 Å². The number of carboxylic acids is 1. The number of rotatable bonds is 4. The molecular formula is C11H21NO2. The normalized spacial score (nSPS) is 34.4. The number of carboxylic acid groups (broad SMARTS) is 1. The molecule has 0 amide bonds. The molecule has 0 radical (unpaired) electrons. The Labute approximate surface area is 85.7 Å². The van der Waals surface area contributed by atoms with Gasteiger partial charge in [-0.15, -0.1) is 0 Å². The van der Waals surface area contributed by atoms with Gasteiger partial charge in [0.2, 0.25) is 0 Å². The number of hydrogen-bond donors (Lipinski definition) is 2. The molecule has 0 aromatic heterocycles. The number of nitrogens with two attached hydrogens (primary N) is 1. The van der Waals surface area contributed by atoms with Gasteiger partial charge in [-0.05, 0) is 30.6 Å². The molecule has 0 aromatic rings.